The summed E-state index contributed by atoms with van der Waals surface area (Å²) in [5.74, 6) is 0.376. The zero-order chi connectivity index (χ0) is 17.8. The van der Waals surface area contributed by atoms with Crippen molar-refractivity contribution in [2.75, 3.05) is 14.2 Å². The lowest BCUT2D eigenvalue weighted by Gasteiger charge is -2.09. The Kier molecular flexibility index (Phi) is 4.66. The van der Waals surface area contributed by atoms with Gasteiger partial charge in [-0.1, -0.05) is 18.2 Å². The van der Waals surface area contributed by atoms with E-state index < -0.39 is 5.97 Å². The van der Waals surface area contributed by atoms with Crippen molar-refractivity contribution in [3.05, 3.63) is 65.4 Å². The first-order valence-electron chi connectivity index (χ1n) is 7.65. The first kappa shape index (κ1) is 16.5. The highest BCUT2D eigenvalue weighted by Crippen LogP contribution is 2.31. The first-order chi connectivity index (χ1) is 12.1. The van der Waals surface area contributed by atoms with Gasteiger partial charge in [-0.15, -0.1) is 0 Å². The number of aromatic nitrogens is 1. The number of para-hydroxylation sites is 1. The number of rotatable bonds is 5. The fourth-order valence-corrected chi connectivity index (χ4v) is 2.59. The van der Waals surface area contributed by atoms with Crippen LogP contribution in [0.15, 0.2) is 48.5 Å². The van der Waals surface area contributed by atoms with E-state index in [9.17, 15) is 4.79 Å². The van der Waals surface area contributed by atoms with Crippen molar-refractivity contribution in [3.63, 3.8) is 0 Å². The zero-order valence-electron chi connectivity index (χ0n) is 13.9. The molecule has 0 amide bonds. The summed E-state index contributed by atoms with van der Waals surface area (Å²) < 4.78 is 10.7. The summed E-state index contributed by atoms with van der Waals surface area (Å²) >= 11 is 0. The standard InChI is InChI=1S/C20H17NO4/c1-24-18-5-3-4-13(19(18)25-2)6-9-16-10-7-14-12-15(20(22)23)8-11-17(14)21-16/h3-12H,1-2H3,(H,22,23)/b9-6+. The molecule has 126 valence electrons. The molecule has 0 aliphatic carbocycles. The summed E-state index contributed by atoms with van der Waals surface area (Å²) in [7, 11) is 3.20. The van der Waals surface area contributed by atoms with Crippen LogP contribution in [0.1, 0.15) is 21.6 Å². The molecule has 0 bridgehead atoms. The number of methoxy groups -OCH3 is 2. The van der Waals surface area contributed by atoms with Crippen LogP contribution in [0.5, 0.6) is 11.5 Å². The van der Waals surface area contributed by atoms with Crippen molar-refractivity contribution in [3.8, 4) is 11.5 Å². The third-order valence-electron chi connectivity index (χ3n) is 3.82. The lowest BCUT2D eigenvalue weighted by molar-refractivity contribution is 0.0697. The number of ether oxygens (including phenoxy) is 2. The minimum Gasteiger partial charge on any atom is -0.493 e. The molecule has 0 atom stereocenters. The van der Waals surface area contributed by atoms with Gasteiger partial charge in [-0.3, -0.25) is 0 Å². The van der Waals surface area contributed by atoms with Gasteiger partial charge in [0.05, 0.1) is 31.0 Å². The van der Waals surface area contributed by atoms with Gasteiger partial charge in [0.2, 0.25) is 0 Å². The topological polar surface area (TPSA) is 68.7 Å². The molecule has 0 saturated heterocycles. The maximum absolute atomic E-state index is 11.0. The Morgan fingerprint density at radius 2 is 1.88 bits per heavy atom. The number of carboxylic acids is 1. The molecule has 5 heteroatoms. The van der Waals surface area contributed by atoms with Crippen LogP contribution in [0.25, 0.3) is 23.1 Å². The molecule has 25 heavy (non-hydrogen) atoms. The lowest BCUT2D eigenvalue weighted by atomic mass is 10.1. The van der Waals surface area contributed by atoms with E-state index in [1.807, 2.05) is 42.5 Å². The summed E-state index contributed by atoms with van der Waals surface area (Å²) in [5.41, 5.74) is 2.63. The highest BCUT2D eigenvalue weighted by Gasteiger charge is 2.07. The predicted molar refractivity (Wildman–Crippen MR) is 97.2 cm³/mol. The normalized spacial score (nSPS) is 11.0. The van der Waals surface area contributed by atoms with Crippen molar-refractivity contribution in [2.45, 2.75) is 0 Å². The van der Waals surface area contributed by atoms with E-state index in [0.717, 1.165) is 22.2 Å². The molecular weight excluding hydrogens is 318 g/mol. The average molecular weight is 335 g/mol. The van der Waals surface area contributed by atoms with Crippen molar-refractivity contribution >= 4 is 29.0 Å². The molecule has 3 aromatic rings. The molecular formula is C20H17NO4. The van der Waals surface area contributed by atoms with Crippen LogP contribution in [0.4, 0.5) is 0 Å². The van der Waals surface area contributed by atoms with Crippen LogP contribution >= 0.6 is 0 Å². The van der Waals surface area contributed by atoms with Gasteiger partial charge in [-0.25, -0.2) is 9.78 Å². The van der Waals surface area contributed by atoms with E-state index in [2.05, 4.69) is 4.98 Å². The summed E-state index contributed by atoms with van der Waals surface area (Å²) in [5, 5.41) is 9.84. The minimum absolute atomic E-state index is 0.249. The SMILES string of the molecule is COc1cccc(/C=C/c2ccc3cc(C(=O)O)ccc3n2)c1OC. The lowest BCUT2D eigenvalue weighted by Crippen LogP contribution is -1.96. The van der Waals surface area contributed by atoms with Crippen molar-refractivity contribution in [1.29, 1.82) is 0 Å². The number of fused-ring (bicyclic) bond motifs is 1. The summed E-state index contributed by atoms with van der Waals surface area (Å²) in [6, 6.07) is 14.2. The Morgan fingerprint density at radius 1 is 1.04 bits per heavy atom. The fraction of sp³-hybridized carbons (Fsp3) is 0.100. The molecule has 1 heterocycles. The maximum Gasteiger partial charge on any atom is 0.335 e. The highest BCUT2D eigenvalue weighted by atomic mass is 16.5. The van der Waals surface area contributed by atoms with Crippen LogP contribution in [0.2, 0.25) is 0 Å². The van der Waals surface area contributed by atoms with Gasteiger partial charge >= 0.3 is 5.97 Å². The molecule has 0 aliphatic rings. The Morgan fingerprint density at radius 3 is 2.60 bits per heavy atom. The number of pyridine rings is 1. The highest BCUT2D eigenvalue weighted by molar-refractivity contribution is 5.93. The average Bonchev–Trinajstić information content (AvgIpc) is 2.65. The second-order valence-corrected chi connectivity index (χ2v) is 5.36. The zero-order valence-corrected chi connectivity index (χ0v) is 13.9. The van der Waals surface area contributed by atoms with Gasteiger partial charge in [-0.05, 0) is 42.5 Å². The van der Waals surface area contributed by atoms with E-state index >= 15 is 0 Å². The Labute approximate surface area is 145 Å². The molecule has 0 unspecified atom stereocenters. The molecule has 0 saturated carbocycles. The van der Waals surface area contributed by atoms with E-state index in [-0.39, 0.29) is 5.56 Å². The Bertz CT molecular complexity index is 963. The third-order valence-corrected chi connectivity index (χ3v) is 3.82. The summed E-state index contributed by atoms with van der Waals surface area (Å²) in [4.78, 5) is 15.6. The molecule has 3 rings (SSSR count). The second kappa shape index (κ2) is 7.05. The van der Waals surface area contributed by atoms with Gasteiger partial charge < -0.3 is 14.6 Å². The largest absolute Gasteiger partial charge is 0.493 e. The van der Waals surface area contributed by atoms with Crippen molar-refractivity contribution in [2.24, 2.45) is 0 Å². The minimum atomic E-state index is -0.948. The first-order valence-corrected chi connectivity index (χ1v) is 7.65. The van der Waals surface area contributed by atoms with Gasteiger partial charge in [-0.2, -0.15) is 0 Å². The van der Waals surface area contributed by atoms with Crippen LogP contribution in [0, 0.1) is 0 Å². The number of hydrogen-bond acceptors (Lipinski definition) is 4. The van der Waals surface area contributed by atoms with E-state index in [1.54, 1.807) is 32.4 Å². The van der Waals surface area contributed by atoms with E-state index in [1.165, 1.54) is 0 Å². The monoisotopic (exact) mass is 335 g/mol. The van der Waals surface area contributed by atoms with Gasteiger partial charge in [0.1, 0.15) is 0 Å². The number of hydrogen-bond donors (Lipinski definition) is 1. The van der Waals surface area contributed by atoms with Crippen LogP contribution < -0.4 is 9.47 Å². The van der Waals surface area contributed by atoms with Gasteiger partial charge in [0, 0.05) is 10.9 Å². The second-order valence-electron chi connectivity index (χ2n) is 5.36. The molecule has 0 aliphatic heterocycles. The van der Waals surface area contributed by atoms with E-state index in [0.29, 0.717) is 11.5 Å². The molecule has 0 spiro atoms. The predicted octanol–water partition coefficient (Wildman–Crippen LogP) is 4.12. The Hall–Kier alpha value is -3.34. The molecule has 0 radical (unpaired) electrons. The number of nitrogens with zero attached hydrogens (tertiary/aromatic N) is 1. The third kappa shape index (κ3) is 3.45. The van der Waals surface area contributed by atoms with E-state index in [4.69, 9.17) is 14.6 Å². The van der Waals surface area contributed by atoms with Gasteiger partial charge in [0.25, 0.3) is 0 Å². The number of carboxylic acid groups (broad SMARTS) is 1. The quantitative estimate of drug-likeness (QED) is 0.759. The molecule has 5 nitrogen and oxygen atoms in total. The summed E-state index contributed by atoms with van der Waals surface area (Å²) in [6.45, 7) is 0. The Balaban J connectivity index is 1.94. The number of benzene rings is 2. The summed E-state index contributed by atoms with van der Waals surface area (Å²) in [6.07, 6.45) is 3.78. The van der Waals surface area contributed by atoms with Crippen LogP contribution in [-0.2, 0) is 0 Å². The van der Waals surface area contributed by atoms with Crippen LogP contribution in [0.3, 0.4) is 0 Å². The van der Waals surface area contributed by atoms with Gasteiger partial charge in [0.15, 0.2) is 11.5 Å². The molecule has 0 fully saturated rings. The van der Waals surface area contributed by atoms with Crippen molar-refractivity contribution < 1.29 is 19.4 Å². The maximum atomic E-state index is 11.0. The van der Waals surface area contributed by atoms with Crippen molar-refractivity contribution in [1.82, 2.24) is 4.98 Å². The number of carbonyl (C=O) groups is 1. The number of aromatic carboxylic acids is 1. The smallest absolute Gasteiger partial charge is 0.335 e. The molecule has 1 aromatic heterocycles. The fourth-order valence-electron chi connectivity index (χ4n) is 2.59. The molecule has 2 aromatic carbocycles. The molecule has 1 N–H and O–H groups in total. The van der Waals surface area contributed by atoms with Crippen LogP contribution in [-0.4, -0.2) is 30.3 Å².